The van der Waals surface area contributed by atoms with E-state index in [1.54, 1.807) is 0 Å². The van der Waals surface area contributed by atoms with Gasteiger partial charge in [0.2, 0.25) is 0 Å². The van der Waals surface area contributed by atoms with Crippen molar-refractivity contribution in [3.63, 3.8) is 0 Å². The lowest BCUT2D eigenvalue weighted by atomic mass is 9.80. The summed E-state index contributed by atoms with van der Waals surface area (Å²) in [6, 6.07) is 72.3. The van der Waals surface area contributed by atoms with Gasteiger partial charge in [0.15, 0.2) is 0 Å². The Bertz CT molecular complexity index is 3220. The van der Waals surface area contributed by atoms with Gasteiger partial charge in [-0.3, -0.25) is 4.98 Å². The third-order valence-corrected chi connectivity index (χ3v) is 11.4. The second-order valence-electron chi connectivity index (χ2n) is 14.6. The fourth-order valence-corrected chi connectivity index (χ4v) is 8.86. The Balaban J connectivity index is 1.22. The van der Waals surface area contributed by atoms with Crippen LogP contribution < -0.4 is 0 Å². The number of nitrogens with zero attached hydrogens (tertiary/aromatic N) is 1. The Kier molecular flexibility index (Phi) is 7.86. The lowest BCUT2D eigenvalue weighted by Gasteiger charge is -2.23. The van der Waals surface area contributed by atoms with Crippen molar-refractivity contribution in [1.82, 2.24) is 4.98 Å². The zero-order chi connectivity index (χ0) is 37.7. The van der Waals surface area contributed by atoms with Crippen molar-refractivity contribution in [3.05, 3.63) is 213 Å². The van der Waals surface area contributed by atoms with E-state index >= 15 is 0 Å². The summed E-state index contributed by atoms with van der Waals surface area (Å²) < 4.78 is 6.28. The molecule has 9 aromatic carbocycles. The number of hydrogen-bond acceptors (Lipinski definition) is 2. The molecule has 2 heterocycles. The first kappa shape index (κ1) is 32.8. The smallest absolute Gasteiger partial charge is 0.135 e. The van der Waals surface area contributed by atoms with Crippen molar-refractivity contribution < 1.29 is 4.42 Å². The number of rotatable bonds is 6. The summed E-state index contributed by atoms with van der Waals surface area (Å²) in [6.07, 6.45) is 3.77. The molecule has 0 amide bonds. The molecule has 11 rings (SSSR count). The molecule has 2 nitrogen and oxygen atoms in total. The van der Waals surface area contributed by atoms with Crippen LogP contribution in [0.4, 0.5) is 0 Å². The number of aromatic nitrogens is 1. The summed E-state index contributed by atoms with van der Waals surface area (Å²) in [6.45, 7) is 0. The van der Waals surface area contributed by atoms with Crippen LogP contribution in [-0.4, -0.2) is 4.98 Å². The van der Waals surface area contributed by atoms with Crippen LogP contribution in [0.5, 0.6) is 0 Å². The minimum atomic E-state index is 0.889. The summed E-state index contributed by atoms with van der Waals surface area (Å²) in [5.74, 6) is 0. The van der Waals surface area contributed by atoms with Crippen LogP contribution in [-0.2, 0) is 0 Å². The SMILES string of the molecule is c1ccc(-c2ccc(-c3c4ccccc4c(-c4c(-c5ccncc5)cccc4-c4ccc5oc6ccccc6c5c4)c4ccccc34)cc2-c2ccccc2)cc1. The monoisotopic (exact) mass is 725 g/mol. The Morgan fingerprint density at radius 3 is 1.44 bits per heavy atom. The maximum Gasteiger partial charge on any atom is 0.135 e. The minimum Gasteiger partial charge on any atom is -0.456 e. The topological polar surface area (TPSA) is 26.0 Å². The normalized spacial score (nSPS) is 11.5. The lowest BCUT2D eigenvalue weighted by molar-refractivity contribution is 0.669. The molecule has 0 atom stereocenters. The molecule has 0 aliphatic rings. The van der Waals surface area contributed by atoms with Gasteiger partial charge in [0.1, 0.15) is 11.2 Å². The van der Waals surface area contributed by atoms with Gasteiger partial charge in [-0.25, -0.2) is 0 Å². The quantitative estimate of drug-likeness (QED) is 0.160. The van der Waals surface area contributed by atoms with Crippen LogP contribution in [0, 0.1) is 0 Å². The molecule has 0 unspecified atom stereocenters. The molecule has 0 aliphatic heterocycles. The van der Waals surface area contributed by atoms with E-state index < -0.39 is 0 Å². The molecule has 0 spiro atoms. The highest BCUT2D eigenvalue weighted by Gasteiger charge is 2.23. The van der Waals surface area contributed by atoms with E-state index in [0.29, 0.717) is 0 Å². The number of pyridine rings is 1. The van der Waals surface area contributed by atoms with Gasteiger partial charge in [0, 0.05) is 23.2 Å². The largest absolute Gasteiger partial charge is 0.456 e. The van der Waals surface area contributed by atoms with E-state index in [9.17, 15) is 0 Å². The van der Waals surface area contributed by atoms with Crippen LogP contribution >= 0.6 is 0 Å². The van der Waals surface area contributed by atoms with Gasteiger partial charge in [-0.1, -0.05) is 164 Å². The number of furan rings is 1. The van der Waals surface area contributed by atoms with Crippen molar-refractivity contribution in [2.75, 3.05) is 0 Å². The van der Waals surface area contributed by atoms with Gasteiger partial charge in [-0.15, -0.1) is 0 Å². The molecule has 2 heteroatoms. The Labute approximate surface area is 331 Å². The van der Waals surface area contributed by atoms with Crippen LogP contribution in [0.3, 0.4) is 0 Å². The maximum atomic E-state index is 6.28. The van der Waals surface area contributed by atoms with Gasteiger partial charge in [-0.05, 0) is 125 Å². The van der Waals surface area contributed by atoms with Crippen LogP contribution in [0.25, 0.3) is 110 Å². The van der Waals surface area contributed by atoms with Crippen LogP contribution in [0.15, 0.2) is 217 Å². The van der Waals surface area contributed by atoms with Gasteiger partial charge in [-0.2, -0.15) is 0 Å². The maximum absolute atomic E-state index is 6.28. The van der Waals surface area contributed by atoms with Gasteiger partial charge >= 0.3 is 0 Å². The molecule has 57 heavy (non-hydrogen) atoms. The average Bonchev–Trinajstić information content (AvgIpc) is 3.67. The molecule has 0 fully saturated rings. The highest BCUT2D eigenvalue weighted by atomic mass is 16.3. The predicted molar refractivity (Wildman–Crippen MR) is 239 cm³/mol. The average molecular weight is 726 g/mol. The first-order chi connectivity index (χ1) is 28.3. The Morgan fingerprint density at radius 2 is 0.772 bits per heavy atom. The van der Waals surface area contributed by atoms with E-state index in [2.05, 4.69) is 193 Å². The minimum absolute atomic E-state index is 0.889. The molecular formula is C55H35NO. The van der Waals surface area contributed by atoms with Gasteiger partial charge in [0.25, 0.3) is 0 Å². The van der Waals surface area contributed by atoms with Crippen molar-refractivity contribution in [2.24, 2.45) is 0 Å². The number of fused-ring (bicyclic) bond motifs is 5. The molecular weight excluding hydrogens is 691 g/mol. The molecule has 0 saturated heterocycles. The first-order valence-corrected chi connectivity index (χ1v) is 19.4. The summed E-state index contributed by atoms with van der Waals surface area (Å²) in [7, 11) is 0. The first-order valence-electron chi connectivity index (χ1n) is 19.4. The molecule has 266 valence electrons. The zero-order valence-electron chi connectivity index (χ0n) is 31.1. The van der Waals surface area contributed by atoms with Gasteiger partial charge < -0.3 is 4.42 Å². The zero-order valence-corrected chi connectivity index (χ0v) is 31.1. The van der Waals surface area contributed by atoms with Crippen molar-refractivity contribution in [3.8, 4) is 66.8 Å². The van der Waals surface area contributed by atoms with Gasteiger partial charge in [0.05, 0.1) is 0 Å². The number of benzene rings is 9. The molecule has 0 bridgehead atoms. The highest BCUT2D eigenvalue weighted by Crippen LogP contribution is 2.50. The standard InChI is InChI=1S/C55H35NO/c1-3-14-36(15-4-1)41-28-26-40(35-49(41)37-16-5-2-6-17-37)53-45-19-7-9-21-47(45)55(48-22-10-8-20-46(48)53)54-42(38-30-32-56-33-31-38)23-13-24-43(54)39-27-29-52-50(34-39)44-18-11-12-25-51(44)57-52/h1-35H. The molecule has 11 aromatic rings. The number of para-hydroxylation sites is 1. The van der Waals surface area contributed by atoms with E-state index in [4.69, 9.17) is 4.42 Å². The third kappa shape index (κ3) is 5.53. The summed E-state index contributed by atoms with van der Waals surface area (Å²) >= 11 is 0. The van der Waals surface area contributed by atoms with Crippen LogP contribution in [0.1, 0.15) is 0 Å². The molecule has 0 radical (unpaired) electrons. The van der Waals surface area contributed by atoms with Crippen molar-refractivity contribution in [1.29, 1.82) is 0 Å². The summed E-state index contributed by atoms with van der Waals surface area (Å²) in [5.41, 5.74) is 16.0. The summed E-state index contributed by atoms with van der Waals surface area (Å²) in [5, 5.41) is 7.07. The van der Waals surface area contributed by atoms with E-state index in [1.165, 1.54) is 66.1 Å². The Morgan fingerprint density at radius 1 is 0.263 bits per heavy atom. The molecule has 2 aromatic heterocycles. The third-order valence-electron chi connectivity index (χ3n) is 11.4. The van der Waals surface area contributed by atoms with Crippen LogP contribution in [0.2, 0.25) is 0 Å². The molecule has 0 aliphatic carbocycles. The lowest BCUT2D eigenvalue weighted by Crippen LogP contribution is -1.96. The predicted octanol–water partition coefficient (Wildman–Crippen LogP) is 15.3. The van der Waals surface area contributed by atoms with Crippen molar-refractivity contribution in [2.45, 2.75) is 0 Å². The highest BCUT2D eigenvalue weighted by molar-refractivity contribution is 6.24. The van der Waals surface area contributed by atoms with E-state index in [0.717, 1.165) is 44.2 Å². The van der Waals surface area contributed by atoms with E-state index in [1.807, 2.05) is 24.5 Å². The van der Waals surface area contributed by atoms with E-state index in [-0.39, 0.29) is 0 Å². The van der Waals surface area contributed by atoms with Crippen molar-refractivity contribution >= 4 is 43.5 Å². The fourth-order valence-electron chi connectivity index (χ4n) is 8.86. The fraction of sp³-hybridized carbons (Fsp3) is 0. The summed E-state index contributed by atoms with van der Waals surface area (Å²) in [4.78, 5) is 4.40. The second kappa shape index (κ2) is 13.6. The Hall–Kier alpha value is -7.55. The number of hydrogen-bond donors (Lipinski definition) is 0. The molecule has 0 N–H and O–H groups in total. The molecule has 0 saturated carbocycles. The second-order valence-corrected chi connectivity index (χ2v) is 14.6.